The molecular formula is C24H33NO7. The average molecular weight is 448 g/mol. The largest absolute Gasteiger partial charge is 0.506 e. The summed E-state index contributed by atoms with van der Waals surface area (Å²) < 4.78 is 22.3. The van der Waals surface area contributed by atoms with Crippen molar-refractivity contribution in [3.63, 3.8) is 0 Å². The molecule has 3 unspecified atom stereocenters. The number of ether oxygens (including phenoxy) is 3. The quantitative estimate of drug-likeness (QED) is 0.152. The fraction of sp³-hybridized carbons (Fsp3) is 0.500. The zero-order valence-corrected chi connectivity index (χ0v) is 20.0. The number of oxime groups is 1. The fourth-order valence-corrected chi connectivity index (χ4v) is 2.84. The summed E-state index contributed by atoms with van der Waals surface area (Å²) in [4.78, 5) is 17.4. The lowest BCUT2D eigenvalue weighted by molar-refractivity contribution is -0.138. The Bertz CT molecular complexity index is 1020. The maximum absolute atomic E-state index is 12.5. The predicted molar refractivity (Wildman–Crippen MR) is 124 cm³/mol. The lowest BCUT2D eigenvalue weighted by atomic mass is 10.1. The molecule has 0 fully saturated rings. The lowest BCUT2D eigenvalue weighted by Gasteiger charge is -2.24. The van der Waals surface area contributed by atoms with Gasteiger partial charge in [0, 0.05) is 12.7 Å². The van der Waals surface area contributed by atoms with E-state index in [1.165, 1.54) is 6.92 Å². The predicted octanol–water partition coefficient (Wildman–Crippen LogP) is 4.37. The number of nitrogens with zero attached hydrogens (tertiary/aromatic N) is 1. The Kier molecular flexibility index (Phi) is 10.8. The minimum Gasteiger partial charge on any atom is -0.506 e. The van der Waals surface area contributed by atoms with Crippen LogP contribution in [0.2, 0.25) is 0 Å². The van der Waals surface area contributed by atoms with E-state index < -0.39 is 11.9 Å². The van der Waals surface area contributed by atoms with Gasteiger partial charge in [0.2, 0.25) is 0 Å². The highest BCUT2D eigenvalue weighted by Crippen LogP contribution is 2.34. The van der Waals surface area contributed by atoms with E-state index in [9.17, 15) is 9.90 Å². The van der Waals surface area contributed by atoms with Crippen molar-refractivity contribution in [1.82, 2.24) is 0 Å². The van der Waals surface area contributed by atoms with E-state index in [1.807, 2.05) is 27.7 Å². The molecule has 0 bridgehead atoms. The van der Waals surface area contributed by atoms with E-state index >= 15 is 0 Å². The van der Waals surface area contributed by atoms with E-state index in [4.69, 9.17) is 29.9 Å². The Morgan fingerprint density at radius 2 is 1.91 bits per heavy atom. The number of aryl methyl sites for hydroxylation is 1. The molecule has 32 heavy (non-hydrogen) atoms. The van der Waals surface area contributed by atoms with Gasteiger partial charge in [0.25, 0.3) is 0 Å². The van der Waals surface area contributed by atoms with Crippen LogP contribution in [0.3, 0.4) is 0 Å². The van der Waals surface area contributed by atoms with Crippen molar-refractivity contribution in [2.75, 3.05) is 13.7 Å². The topological polar surface area (TPSA) is 99.7 Å². The number of fused-ring (bicyclic) bond motifs is 1. The first-order chi connectivity index (χ1) is 15.2. The SMILES string of the molecule is C#CCO/N=C(\C)c1c(O)c2ccc(OC(C)OC(C)C(C)OC)c(C)c2oc1=O.CC. The number of terminal acetylenes is 1. The second-order valence-corrected chi connectivity index (χ2v) is 6.80. The highest BCUT2D eigenvalue weighted by atomic mass is 16.7. The molecule has 2 aromatic rings. The molecule has 0 saturated carbocycles. The van der Waals surface area contributed by atoms with Gasteiger partial charge >= 0.3 is 5.63 Å². The third-order valence-corrected chi connectivity index (χ3v) is 4.69. The normalized spacial score (nSPS) is 14.0. The second kappa shape index (κ2) is 12.7. The summed E-state index contributed by atoms with van der Waals surface area (Å²) in [6, 6.07) is 3.27. The number of benzene rings is 1. The van der Waals surface area contributed by atoms with Gasteiger partial charge in [-0.2, -0.15) is 0 Å². The molecule has 8 nitrogen and oxygen atoms in total. The lowest BCUT2D eigenvalue weighted by Crippen LogP contribution is -2.31. The van der Waals surface area contributed by atoms with E-state index in [2.05, 4.69) is 11.1 Å². The summed E-state index contributed by atoms with van der Waals surface area (Å²) in [6.07, 6.45) is 4.24. The zero-order valence-electron chi connectivity index (χ0n) is 20.0. The van der Waals surface area contributed by atoms with E-state index in [1.54, 1.807) is 33.1 Å². The van der Waals surface area contributed by atoms with E-state index in [-0.39, 0.29) is 41.4 Å². The number of hydrogen-bond donors (Lipinski definition) is 1. The van der Waals surface area contributed by atoms with Crippen LogP contribution in [0.4, 0.5) is 0 Å². The molecule has 1 aromatic carbocycles. The molecule has 1 N–H and O–H groups in total. The van der Waals surface area contributed by atoms with Crippen LogP contribution in [0, 0.1) is 19.3 Å². The highest BCUT2D eigenvalue weighted by molar-refractivity contribution is 6.04. The fourth-order valence-electron chi connectivity index (χ4n) is 2.84. The van der Waals surface area contributed by atoms with Crippen LogP contribution < -0.4 is 10.4 Å². The van der Waals surface area contributed by atoms with Gasteiger partial charge in [0.05, 0.1) is 23.3 Å². The van der Waals surface area contributed by atoms with Crippen LogP contribution in [0.5, 0.6) is 11.5 Å². The smallest absolute Gasteiger partial charge is 0.349 e. The van der Waals surface area contributed by atoms with Gasteiger partial charge in [-0.1, -0.05) is 24.9 Å². The minimum atomic E-state index is -0.752. The summed E-state index contributed by atoms with van der Waals surface area (Å²) in [7, 11) is 1.61. The van der Waals surface area contributed by atoms with Crippen molar-refractivity contribution in [3.05, 3.63) is 33.7 Å². The van der Waals surface area contributed by atoms with Crippen molar-refractivity contribution >= 4 is 16.7 Å². The molecule has 1 heterocycles. The number of aromatic hydroxyl groups is 1. The minimum absolute atomic E-state index is 0.0567. The van der Waals surface area contributed by atoms with Crippen molar-refractivity contribution in [1.29, 1.82) is 0 Å². The molecule has 1 aromatic heterocycles. The average Bonchev–Trinajstić information content (AvgIpc) is 2.77. The van der Waals surface area contributed by atoms with Crippen LogP contribution >= 0.6 is 0 Å². The third-order valence-electron chi connectivity index (χ3n) is 4.69. The molecule has 2 rings (SSSR count). The maximum atomic E-state index is 12.5. The molecule has 176 valence electrons. The van der Waals surface area contributed by atoms with E-state index in [0.717, 1.165) is 0 Å². The van der Waals surface area contributed by atoms with Crippen LogP contribution in [0.15, 0.2) is 26.5 Å². The first-order valence-electron chi connectivity index (χ1n) is 10.5. The van der Waals surface area contributed by atoms with Gasteiger partial charge in [-0.15, -0.1) is 6.42 Å². The molecule has 0 radical (unpaired) electrons. The second-order valence-electron chi connectivity index (χ2n) is 6.80. The molecular weight excluding hydrogens is 414 g/mol. The number of rotatable bonds is 9. The molecule has 0 aliphatic carbocycles. The third kappa shape index (κ3) is 6.49. The van der Waals surface area contributed by atoms with Gasteiger partial charge in [-0.3, -0.25) is 0 Å². The molecule has 0 amide bonds. The monoisotopic (exact) mass is 447 g/mol. The van der Waals surface area contributed by atoms with Crippen molar-refractivity contribution < 1.29 is 28.6 Å². The molecule has 0 aliphatic heterocycles. The molecule has 0 saturated heterocycles. The summed E-state index contributed by atoms with van der Waals surface area (Å²) in [5.41, 5.74) is 0.0677. The van der Waals surface area contributed by atoms with Gasteiger partial charge in [0.15, 0.2) is 12.9 Å². The van der Waals surface area contributed by atoms with Crippen molar-refractivity contribution in [2.24, 2.45) is 5.16 Å². The van der Waals surface area contributed by atoms with Crippen LogP contribution in [-0.2, 0) is 14.3 Å². The van der Waals surface area contributed by atoms with Crippen LogP contribution in [-0.4, -0.2) is 43.0 Å². The van der Waals surface area contributed by atoms with Gasteiger partial charge in [0.1, 0.15) is 22.6 Å². The zero-order chi connectivity index (χ0) is 24.4. The molecule has 0 spiro atoms. The summed E-state index contributed by atoms with van der Waals surface area (Å²) in [5, 5.41) is 14.7. The first-order valence-corrected chi connectivity index (χ1v) is 10.5. The standard InChI is InChI=1S/C22H27NO7.C2H6/c1-8-11-27-23-13(3)19-20(24)17-9-10-18(12(2)21(17)30-22(19)25)29-16(6)28-15(5)14(4)26-7;1-2/h1,9-10,14-16,24H,11H2,2-7H3;1-2H3/b23-13+;. The van der Waals surface area contributed by atoms with Gasteiger partial charge < -0.3 is 28.6 Å². The Labute approximate surface area is 189 Å². The summed E-state index contributed by atoms with van der Waals surface area (Å²) >= 11 is 0. The van der Waals surface area contributed by atoms with Gasteiger partial charge in [-0.05, 0) is 46.8 Å². The van der Waals surface area contributed by atoms with Crippen LogP contribution in [0.1, 0.15) is 52.7 Å². The number of hydrogen-bond acceptors (Lipinski definition) is 8. The van der Waals surface area contributed by atoms with Crippen molar-refractivity contribution in [3.8, 4) is 23.8 Å². The van der Waals surface area contributed by atoms with Gasteiger partial charge in [-0.25, -0.2) is 4.79 Å². The molecule has 0 aliphatic rings. The van der Waals surface area contributed by atoms with Crippen LogP contribution in [0.25, 0.3) is 11.0 Å². The maximum Gasteiger partial charge on any atom is 0.349 e. The van der Waals surface area contributed by atoms with Crippen molar-refractivity contribution in [2.45, 2.75) is 67.0 Å². The Balaban J connectivity index is 0.00000249. The summed E-state index contributed by atoms with van der Waals surface area (Å²) in [5.74, 6) is 2.47. The molecule has 8 heteroatoms. The Morgan fingerprint density at radius 3 is 2.50 bits per heavy atom. The summed E-state index contributed by atoms with van der Waals surface area (Å²) in [6.45, 7) is 12.7. The Morgan fingerprint density at radius 1 is 1.25 bits per heavy atom. The Hall–Kier alpha value is -3.02. The molecule has 3 atom stereocenters. The van der Waals surface area contributed by atoms with E-state index in [0.29, 0.717) is 16.7 Å². The highest BCUT2D eigenvalue weighted by Gasteiger charge is 2.21. The number of methoxy groups -OCH3 is 1. The first kappa shape index (κ1) is 27.0.